The Labute approximate surface area is 168 Å². The van der Waals surface area contributed by atoms with Gasteiger partial charge in [0.25, 0.3) is 5.69 Å². The van der Waals surface area contributed by atoms with Crippen molar-refractivity contribution in [2.45, 2.75) is 19.4 Å². The number of hydrogen-bond acceptors (Lipinski definition) is 4. The van der Waals surface area contributed by atoms with Crippen LogP contribution in [0.2, 0.25) is 5.02 Å². The van der Waals surface area contributed by atoms with Crippen molar-refractivity contribution in [3.05, 3.63) is 74.8 Å². The van der Waals surface area contributed by atoms with E-state index in [0.717, 1.165) is 43.6 Å². The third-order valence-electron chi connectivity index (χ3n) is 4.95. The van der Waals surface area contributed by atoms with Crippen molar-refractivity contribution in [1.29, 1.82) is 0 Å². The first kappa shape index (κ1) is 20.0. The van der Waals surface area contributed by atoms with Gasteiger partial charge in [0.1, 0.15) is 6.54 Å². The molecule has 1 aliphatic rings. The smallest absolute Gasteiger partial charge is 0.269 e. The van der Waals surface area contributed by atoms with Gasteiger partial charge in [-0.05, 0) is 18.2 Å². The Bertz CT molecular complexity index is 862. The average molecular weight is 402 g/mol. The number of carbonyl (C=O) groups is 1. The molecule has 7 nitrogen and oxygen atoms in total. The number of rotatable bonds is 6. The molecular weight excluding hydrogens is 380 g/mol. The SMILES string of the molecule is O=C(N/N=C\c1ccccc1Cl)C1CC[NH+](Cc2ccc([N+](=O)[O-])cc2)CC1. The molecule has 28 heavy (non-hydrogen) atoms. The largest absolute Gasteiger partial charge is 0.331 e. The van der Waals surface area contributed by atoms with Gasteiger partial charge in [-0.1, -0.05) is 29.8 Å². The summed E-state index contributed by atoms with van der Waals surface area (Å²) in [5, 5.41) is 15.3. The fourth-order valence-corrected chi connectivity index (χ4v) is 3.51. The molecule has 2 aromatic carbocycles. The van der Waals surface area contributed by atoms with Crippen LogP contribution >= 0.6 is 11.6 Å². The third kappa shape index (κ3) is 5.37. The van der Waals surface area contributed by atoms with E-state index in [1.807, 2.05) is 18.2 Å². The number of nitro benzene ring substituents is 1. The summed E-state index contributed by atoms with van der Waals surface area (Å²) in [6, 6.07) is 14.0. The van der Waals surface area contributed by atoms with E-state index in [1.54, 1.807) is 24.4 Å². The Morgan fingerprint density at radius 2 is 1.89 bits per heavy atom. The molecule has 0 saturated carbocycles. The number of hydrazone groups is 1. The molecule has 2 N–H and O–H groups in total. The number of nitrogens with one attached hydrogen (secondary N) is 2. The van der Waals surface area contributed by atoms with Gasteiger partial charge in [-0.3, -0.25) is 14.9 Å². The van der Waals surface area contributed by atoms with Gasteiger partial charge in [0.2, 0.25) is 5.91 Å². The molecule has 146 valence electrons. The predicted molar refractivity (Wildman–Crippen MR) is 107 cm³/mol. The number of likely N-dealkylation sites (tertiary alicyclic amines) is 1. The maximum Gasteiger partial charge on any atom is 0.269 e. The fraction of sp³-hybridized carbons (Fsp3) is 0.300. The third-order valence-corrected chi connectivity index (χ3v) is 5.29. The molecule has 1 fully saturated rings. The lowest BCUT2D eigenvalue weighted by atomic mass is 9.96. The first-order valence-corrected chi connectivity index (χ1v) is 9.55. The van der Waals surface area contributed by atoms with Crippen LogP contribution in [0.3, 0.4) is 0 Å². The average Bonchev–Trinajstić information content (AvgIpc) is 2.70. The molecule has 1 amide bonds. The van der Waals surface area contributed by atoms with Crippen LogP contribution in [0.15, 0.2) is 53.6 Å². The van der Waals surface area contributed by atoms with Gasteiger partial charge in [0.15, 0.2) is 0 Å². The number of carbonyl (C=O) groups excluding carboxylic acids is 1. The van der Waals surface area contributed by atoms with E-state index in [0.29, 0.717) is 5.02 Å². The second kappa shape index (κ2) is 9.43. The molecule has 0 radical (unpaired) electrons. The van der Waals surface area contributed by atoms with Crippen LogP contribution in [-0.4, -0.2) is 30.1 Å². The summed E-state index contributed by atoms with van der Waals surface area (Å²) in [6.45, 7) is 2.56. The first-order valence-electron chi connectivity index (χ1n) is 9.17. The van der Waals surface area contributed by atoms with Crippen molar-refractivity contribution < 1.29 is 14.6 Å². The van der Waals surface area contributed by atoms with Crippen LogP contribution in [0.1, 0.15) is 24.0 Å². The number of non-ortho nitro benzene ring substituents is 1. The second-order valence-corrected chi connectivity index (χ2v) is 7.29. The van der Waals surface area contributed by atoms with Crippen molar-refractivity contribution in [3.63, 3.8) is 0 Å². The maximum absolute atomic E-state index is 12.3. The number of hydrogen-bond donors (Lipinski definition) is 2. The normalized spacial score (nSPS) is 19.5. The lowest BCUT2D eigenvalue weighted by molar-refractivity contribution is -0.919. The Morgan fingerprint density at radius 3 is 2.54 bits per heavy atom. The van der Waals surface area contributed by atoms with Gasteiger partial charge in [0.05, 0.1) is 30.1 Å². The summed E-state index contributed by atoms with van der Waals surface area (Å²) in [7, 11) is 0. The standard InChI is InChI=1S/C20H21ClN4O3/c21-19-4-2-1-3-17(19)13-22-23-20(26)16-9-11-24(12-10-16)14-15-5-7-18(8-6-15)25(27)28/h1-8,13,16H,9-12,14H2,(H,23,26)/p+1/b22-13-. The quantitative estimate of drug-likeness (QED) is 0.441. The highest BCUT2D eigenvalue weighted by Gasteiger charge is 2.27. The molecule has 2 aromatic rings. The number of amides is 1. The van der Waals surface area contributed by atoms with Crippen molar-refractivity contribution >= 4 is 29.4 Å². The van der Waals surface area contributed by atoms with Crippen LogP contribution in [0.5, 0.6) is 0 Å². The van der Waals surface area contributed by atoms with Gasteiger partial charge in [-0.15, -0.1) is 0 Å². The highest BCUT2D eigenvalue weighted by atomic mass is 35.5. The highest BCUT2D eigenvalue weighted by molar-refractivity contribution is 6.33. The zero-order chi connectivity index (χ0) is 19.9. The van der Waals surface area contributed by atoms with Crippen LogP contribution in [0.25, 0.3) is 0 Å². The van der Waals surface area contributed by atoms with E-state index in [-0.39, 0.29) is 17.5 Å². The molecule has 0 aromatic heterocycles. The van der Waals surface area contributed by atoms with Crippen molar-refractivity contribution in [3.8, 4) is 0 Å². The van der Waals surface area contributed by atoms with Crippen molar-refractivity contribution in [2.75, 3.05) is 13.1 Å². The molecule has 0 spiro atoms. The lowest BCUT2D eigenvalue weighted by Gasteiger charge is -2.28. The summed E-state index contributed by atoms with van der Waals surface area (Å²) < 4.78 is 0. The Kier molecular flexibility index (Phi) is 6.73. The predicted octanol–water partition coefficient (Wildman–Crippen LogP) is 2.19. The molecule has 0 bridgehead atoms. The van der Waals surface area contributed by atoms with E-state index in [2.05, 4.69) is 10.5 Å². The minimum absolute atomic E-state index is 0.0518. The minimum atomic E-state index is -0.394. The Balaban J connectivity index is 1.45. The summed E-state index contributed by atoms with van der Waals surface area (Å²) in [5.41, 5.74) is 4.53. The number of halogens is 1. The Morgan fingerprint density at radius 1 is 1.21 bits per heavy atom. The van der Waals surface area contributed by atoms with Gasteiger partial charge >= 0.3 is 0 Å². The van der Waals surface area contributed by atoms with Crippen molar-refractivity contribution in [1.82, 2.24) is 5.43 Å². The minimum Gasteiger partial charge on any atom is -0.331 e. The van der Waals surface area contributed by atoms with Gasteiger partial charge in [0, 0.05) is 41.1 Å². The molecule has 8 heteroatoms. The molecule has 1 aliphatic heterocycles. The summed E-state index contributed by atoms with van der Waals surface area (Å²) in [4.78, 5) is 24.0. The van der Waals surface area contributed by atoms with Gasteiger partial charge in [-0.2, -0.15) is 5.10 Å². The summed E-state index contributed by atoms with van der Waals surface area (Å²) in [6.07, 6.45) is 3.13. The number of piperidine rings is 1. The maximum atomic E-state index is 12.3. The molecule has 0 aliphatic carbocycles. The van der Waals surface area contributed by atoms with E-state index < -0.39 is 4.92 Å². The van der Waals surface area contributed by atoms with Crippen molar-refractivity contribution in [2.24, 2.45) is 11.0 Å². The lowest BCUT2D eigenvalue weighted by Crippen LogP contribution is -3.11. The highest BCUT2D eigenvalue weighted by Crippen LogP contribution is 2.14. The molecule has 3 rings (SSSR count). The molecule has 1 saturated heterocycles. The summed E-state index contributed by atoms with van der Waals surface area (Å²) in [5.74, 6) is -0.123. The monoisotopic (exact) mass is 401 g/mol. The van der Waals surface area contributed by atoms with Gasteiger partial charge in [-0.25, -0.2) is 5.43 Å². The molecule has 1 heterocycles. The number of nitro groups is 1. The van der Waals surface area contributed by atoms with E-state index in [9.17, 15) is 14.9 Å². The fourth-order valence-electron chi connectivity index (χ4n) is 3.33. The van der Waals surface area contributed by atoms with E-state index in [4.69, 9.17) is 11.6 Å². The van der Waals surface area contributed by atoms with Crippen LogP contribution in [-0.2, 0) is 11.3 Å². The van der Waals surface area contributed by atoms with Crippen LogP contribution < -0.4 is 10.3 Å². The first-order chi connectivity index (χ1) is 13.5. The molecular formula is C20H22ClN4O3+. The van der Waals surface area contributed by atoms with Gasteiger partial charge < -0.3 is 4.90 Å². The second-order valence-electron chi connectivity index (χ2n) is 6.88. The summed E-state index contributed by atoms with van der Waals surface area (Å²) >= 11 is 6.05. The topological polar surface area (TPSA) is 89.0 Å². The van der Waals surface area contributed by atoms with E-state index in [1.165, 1.54) is 17.0 Å². The number of quaternary nitrogens is 1. The van der Waals surface area contributed by atoms with Crippen LogP contribution in [0, 0.1) is 16.0 Å². The van der Waals surface area contributed by atoms with E-state index >= 15 is 0 Å². The zero-order valence-corrected chi connectivity index (χ0v) is 16.1. The number of benzene rings is 2. The zero-order valence-electron chi connectivity index (χ0n) is 15.3. The Hall–Kier alpha value is -2.77. The molecule has 0 atom stereocenters. The number of nitrogens with zero attached hydrogens (tertiary/aromatic N) is 2. The molecule has 0 unspecified atom stereocenters. The van der Waals surface area contributed by atoms with Crippen LogP contribution in [0.4, 0.5) is 5.69 Å².